The second-order valence-electron chi connectivity index (χ2n) is 3.36. The number of carbonyl (C=O) groups excluding carboxylic acids is 2. The van der Waals surface area contributed by atoms with Crippen molar-refractivity contribution in [2.24, 2.45) is 0 Å². The molecule has 0 fully saturated rings. The van der Waals surface area contributed by atoms with Crippen molar-refractivity contribution in [1.82, 2.24) is 10.6 Å². The minimum Gasteiger partial charge on any atom is -0.394 e. The molecule has 0 spiro atoms. The van der Waals surface area contributed by atoms with Crippen molar-refractivity contribution in [2.75, 3.05) is 13.2 Å². The summed E-state index contributed by atoms with van der Waals surface area (Å²) in [5.74, 6) is -2.59. The first-order chi connectivity index (χ1) is 7.81. The van der Waals surface area contributed by atoms with Crippen LogP contribution in [0.15, 0.2) is 0 Å². The summed E-state index contributed by atoms with van der Waals surface area (Å²) >= 11 is 0. The number of aliphatic hydroxyl groups excluding tert-OH is 1. The van der Waals surface area contributed by atoms with Gasteiger partial charge in [0.1, 0.15) is 0 Å². The van der Waals surface area contributed by atoms with Gasteiger partial charge in [0.05, 0.1) is 12.6 Å². The van der Waals surface area contributed by atoms with E-state index in [1.54, 1.807) is 12.2 Å². The largest absolute Gasteiger partial charge is 0.471 e. The number of halogens is 3. The van der Waals surface area contributed by atoms with Gasteiger partial charge in [-0.3, -0.25) is 9.59 Å². The number of alkyl halides is 3. The second-order valence-corrected chi connectivity index (χ2v) is 3.36. The van der Waals surface area contributed by atoms with E-state index in [2.05, 4.69) is 5.32 Å². The quantitative estimate of drug-likeness (QED) is 0.623. The highest BCUT2D eigenvalue weighted by atomic mass is 19.4. The Morgan fingerprint density at radius 1 is 1.35 bits per heavy atom. The minimum absolute atomic E-state index is 0.239. The SMILES string of the molecule is CCC(CO)NC(=O)CCNC(=O)C(F)(F)F. The van der Waals surface area contributed by atoms with Crippen LogP contribution in [-0.2, 0) is 9.59 Å². The third-order valence-electron chi connectivity index (χ3n) is 1.97. The van der Waals surface area contributed by atoms with Crippen molar-refractivity contribution in [3.05, 3.63) is 0 Å². The average molecular weight is 256 g/mol. The number of aliphatic hydroxyl groups is 1. The number of hydrogen-bond donors (Lipinski definition) is 3. The Hall–Kier alpha value is -1.31. The summed E-state index contributed by atoms with van der Waals surface area (Å²) in [5.41, 5.74) is 0. The standard InChI is InChI=1S/C9H15F3N2O3/c1-2-6(5-15)14-7(16)3-4-13-8(17)9(10,11)12/h6,15H,2-5H2,1H3,(H,13,17)(H,14,16). The van der Waals surface area contributed by atoms with Gasteiger partial charge < -0.3 is 15.7 Å². The number of nitrogens with one attached hydrogen (secondary N) is 2. The second kappa shape index (κ2) is 7.10. The van der Waals surface area contributed by atoms with E-state index in [9.17, 15) is 22.8 Å². The maximum absolute atomic E-state index is 11.7. The zero-order valence-corrected chi connectivity index (χ0v) is 9.30. The highest BCUT2D eigenvalue weighted by Gasteiger charge is 2.38. The molecule has 0 bridgehead atoms. The number of carbonyl (C=O) groups is 2. The Balaban J connectivity index is 3.83. The van der Waals surface area contributed by atoms with Gasteiger partial charge in [0.2, 0.25) is 5.91 Å². The molecule has 100 valence electrons. The maximum Gasteiger partial charge on any atom is 0.471 e. The molecule has 1 unspecified atom stereocenters. The van der Waals surface area contributed by atoms with Gasteiger partial charge in [0.25, 0.3) is 0 Å². The van der Waals surface area contributed by atoms with Crippen LogP contribution < -0.4 is 10.6 Å². The summed E-state index contributed by atoms with van der Waals surface area (Å²) in [5, 5.41) is 12.7. The van der Waals surface area contributed by atoms with Crippen LogP contribution in [0.1, 0.15) is 19.8 Å². The van der Waals surface area contributed by atoms with Gasteiger partial charge >= 0.3 is 12.1 Å². The van der Waals surface area contributed by atoms with Gasteiger partial charge in [-0.2, -0.15) is 13.2 Å². The Kier molecular flexibility index (Phi) is 6.55. The van der Waals surface area contributed by atoms with E-state index in [0.717, 1.165) is 0 Å². The van der Waals surface area contributed by atoms with Crippen molar-refractivity contribution < 1.29 is 27.9 Å². The molecule has 0 aromatic heterocycles. The molecule has 0 rings (SSSR count). The van der Waals surface area contributed by atoms with Crippen LogP contribution in [-0.4, -0.2) is 42.3 Å². The fraction of sp³-hybridized carbons (Fsp3) is 0.778. The van der Waals surface area contributed by atoms with Gasteiger partial charge in [-0.15, -0.1) is 0 Å². The van der Waals surface area contributed by atoms with Crippen LogP contribution in [0.5, 0.6) is 0 Å². The van der Waals surface area contributed by atoms with E-state index in [1.807, 2.05) is 0 Å². The third-order valence-corrected chi connectivity index (χ3v) is 1.97. The van der Waals surface area contributed by atoms with E-state index in [4.69, 9.17) is 5.11 Å². The topological polar surface area (TPSA) is 78.4 Å². The van der Waals surface area contributed by atoms with Gasteiger partial charge in [-0.25, -0.2) is 0 Å². The molecule has 0 aromatic rings. The summed E-state index contributed by atoms with van der Waals surface area (Å²) in [6, 6.07) is -0.416. The van der Waals surface area contributed by atoms with E-state index < -0.39 is 30.6 Å². The van der Waals surface area contributed by atoms with Crippen LogP contribution in [0.4, 0.5) is 13.2 Å². The molecule has 0 aliphatic heterocycles. The van der Waals surface area contributed by atoms with Crippen LogP contribution in [0.2, 0.25) is 0 Å². The van der Waals surface area contributed by atoms with Crippen molar-refractivity contribution in [2.45, 2.75) is 32.0 Å². The number of amides is 2. The molecular weight excluding hydrogens is 241 g/mol. The molecule has 2 amide bonds. The molecule has 0 saturated carbocycles. The molecule has 0 saturated heterocycles. The zero-order valence-electron chi connectivity index (χ0n) is 9.30. The van der Waals surface area contributed by atoms with Gasteiger partial charge in [-0.1, -0.05) is 6.92 Å². The van der Waals surface area contributed by atoms with Crippen molar-refractivity contribution in [3.8, 4) is 0 Å². The molecule has 5 nitrogen and oxygen atoms in total. The molecule has 0 aliphatic rings. The average Bonchev–Trinajstić information content (AvgIpc) is 2.24. The Morgan fingerprint density at radius 3 is 2.35 bits per heavy atom. The first-order valence-electron chi connectivity index (χ1n) is 5.06. The van der Waals surface area contributed by atoms with Crippen LogP contribution >= 0.6 is 0 Å². The molecule has 0 aromatic carbocycles. The van der Waals surface area contributed by atoms with Gasteiger partial charge in [0, 0.05) is 13.0 Å². The highest BCUT2D eigenvalue weighted by molar-refractivity contribution is 5.82. The van der Waals surface area contributed by atoms with Crippen molar-refractivity contribution in [1.29, 1.82) is 0 Å². The smallest absolute Gasteiger partial charge is 0.394 e. The highest BCUT2D eigenvalue weighted by Crippen LogP contribution is 2.13. The molecule has 0 radical (unpaired) electrons. The Morgan fingerprint density at radius 2 is 1.94 bits per heavy atom. The maximum atomic E-state index is 11.7. The zero-order chi connectivity index (χ0) is 13.5. The number of hydrogen-bond acceptors (Lipinski definition) is 3. The van der Waals surface area contributed by atoms with Gasteiger partial charge in [0.15, 0.2) is 0 Å². The van der Waals surface area contributed by atoms with Crippen LogP contribution in [0.3, 0.4) is 0 Å². The lowest BCUT2D eigenvalue weighted by Gasteiger charge is -2.14. The van der Waals surface area contributed by atoms with Crippen LogP contribution in [0, 0.1) is 0 Å². The van der Waals surface area contributed by atoms with Crippen LogP contribution in [0.25, 0.3) is 0 Å². The monoisotopic (exact) mass is 256 g/mol. The lowest BCUT2D eigenvalue weighted by molar-refractivity contribution is -0.173. The molecule has 0 aliphatic carbocycles. The first-order valence-corrected chi connectivity index (χ1v) is 5.06. The lowest BCUT2D eigenvalue weighted by atomic mass is 10.2. The predicted molar refractivity (Wildman–Crippen MR) is 53.0 cm³/mol. The predicted octanol–water partition coefficient (Wildman–Crippen LogP) is -0.0579. The van der Waals surface area contributed by atoms with E-state index >= 15 is 0 Å². The molecule has 17 heavy (non-hydrogen) atoms. The third kappa shape index (κ3) is 6.77. The van der Waals surface area contributed by atoms with E-state index in [1.165, 1.54) is 0 Å². The number of rotatable bonds is 6. The first kappa shape index (κ1) is 15.7. The Bertz CT molecular complexity index is 265. The molecule has 8 heteroatoms. The van der Waals surface area contributed by atoms with Crippen molar-refractivity contribution in [3.63, 3.8) is 0 Å². The van der Waals surface area contributed by atoms with Gasteiger partial charge in [-0.05, 0) is 6.42 Å². The Labute approximate surface area is 96.4 Å². The molecule has 0 heterocycles. The molecule has 3 N–H and O–H groups in total. The fourth-order valence-electron chi connectivity index (χ4n) is 0.966. The van der Waals surface area contributed by atoms with Crippen molar-refractivity contribution >= 4 is 11.8 Å². The summed E-state index contributed by atoms with van der Waals surface area (Å²) < 4.78 is 35.2. The fourth-order valence-corrected chi connectivity index (χ4v) is 0.966. The summed E-state index contributed by atoms with van der Waals surface area (Å²) in [6.45, 7) is 1.11. The summed E-state index contributed by atoms with van der Waals surface area (Å²) in [6.07, 6.45) is -4.69. The molecular formula is C9H15F3N2O3. The summed E-state index contributed by atoms with van der Waals surface area (Å²) in [4.78, 5) is 21.5. The lowest BCUT2D eigenvalue weighted by Crippen LogP contribution is -2.41. The summed E-state index contributed by atoms with van der Waals surface area (Å²) in [7, 11) is 0. The normalized spacial score (nSPS) is 13.0. The van der Waals surface area contributed by atoms with E-state index in [0.29, 0.717) is 6.42 Å². The minimum atomic E-state index is -4.94. The molecule has 1 atom stereocenters. The van der Waals surface area contributed by atoms with E-state index in [-0.39, 0.29) is 13.0 Å².